The second kappa shape index (κ2) is 5.16. The molecule has 1 atom stereocenters. The molecular formula is C13H27N. The molecule has 0 spiro atoms. The molecule has 0 aliphatic carbocycles. The minimum atomic E-state index is 0.542. The minimum Gasteiger partial charge on any atom is -0.303 e. The van der Waals surface area contributed by atoms with Gasteiger partial charge in [-0.2, -0.15) is 0 Å². The number of rotatable bonds is 6. The van der Waals surface area contributed by atoms with Crippen LogP contribution in [0.15, 0.2) is 0 Å². The van der Waals surface area contributed by atoms with E-state index in [0.29, 0.717) is 5.41 Å². The first kappa shape index (κ1) is 12.0. The number of unbranched alkanes of at least 4 members (excludes halogenated alkanes) is 3. The van der Waals surface area contributed by atoms with Crippen LogP contribution < -0.4 is 0 Å². The van der Waals surface area contributed by atoms with Crippen LogP contribution in [-0.2, 0) is 0 Å². The third kappa shape index (κ3) is 2.98. The van der Waals surface area contributed by atoms with Crippen LogP contribution in [0.1, 0.15) is 59.3 Å². The molecule has 0 aromatic rings. The normalized spacial score (nSPS) is 23.6. The van der Waals surface area contributed by atoms with Gasteiger partial charge in [-0.1, -0.05) is 46.5 Å². The molecule has 1 heteroatoms. The van der Waals surface area contributed by atoms with Crippen LogP contribution in [0.4, 0.5) is 0 Å². The van der Waals surface area contributed by atoms with Gasteiger partial charge >= 0.3 is 0 Å². The van der Waals surface area contributed by atoms with Gasteiger partial charge in [-0.05, 0) is 31.8 Å². The van der Waals surface area contributed by atoms with Gasteiger partial charge in [0, 0.05) is 6.04 Å². The van der Waals surface area contributed by atoms with E-state index in [1.807, 2.05) is 0 Å². The van der Waals surface area contributed by atoms with E-state index < -0.39 is 0 Å². The molecule has 1 aliphatic rings. The van der Waals surface area contributed by atoms with E-state index in [0.717, 1.165) is 6.04 Å². The first-order chi connectivity index (χ1) is 6.58. The summed E-state index contributed by atoms with van der Waals surface area (Å²) in [6, 6.07) is 0.851. The summed E-state index contributed by atoms with van der Waals surface area (Å²) in [5.41, 5.74) is 0.542. The van der Waals surface area contributed by atoms with Crippen molar-refractivity contribution >= 4 is 0 Å². The number of likely N-dealkylation sites (tertiary alicyclic amines) is 1. The van der Waals surface area contributed by atoms with E-state index in [1.54, 1.807) is 0 Å². The van der Waals surface area contributed by atoms with Gasteiger partial charge in [0.2, 0.25) is 0 Å². The Balaban J connectivity index is 2.20. The first-order valence-electron chi connectivity index (χ1n) is 6.28. The second-order valence-corrected chi connectivity index (χ2v) is 5.58. The Bertz CT molecular complexity index is 163. The Kier molecular flexibility index (Phi) is 4.43. The lowest BCUT2D eigenvalue weighted by Crippen LogP contribution is -2.53. The third-order valence-electron chi connectivity index (χ3n) is 3.86. The molecule has 84 valence electrons. The predicted molar refractivity (Wildman–Crippen MR) is 63.6 cm³/mol. The van der Waals surface area contributed by atoms with Crippen molar-refractivity contribution in [1.82, 2.24) is 4.90 Å². The zero-order chi connectivity index (χ0) is 10.6. The van der Waals surface area contributed by atoms with E-state index in [2.05, 4.69) is 32.7 Å². The Morgan fingerprint density at radius 3 is 2.36 bits per heavy atom. The first-order valence-corrected chi connectivity index (χ1v) is 6.28. The van der Waals surface area contributed by atoms with Crippen LogP contribution in [0, 0.1) is 5.41 Å². The second-order valence-electron chi connectivity index (χ2n) is 5.58. The van der Waals surface area contributed by atoms with Gasteiger partial charge in [-0.3, -0.25) is 0 Å². The predicted octanol–water partition coefficient (Wildman–Crippen LogP) is 3.69. The molecule has 1 nitrogen and oxygen atoms in total. The summed E-state index contributed by atoms with van der Waals surface area (Å²) in [5, 5.41) is 0. The average Bonchev–Trinajstić information content (AvgIpc) is 2.09. The van der Waals surface area contributed by atoms with E-state index >= 15 is 0 Å². The molecule has 1 unspecified atom stereocenters. The monoisotopic (exact) mass is 197 g/mol. The van der Waals surface area contributed by atoms with Crippen LogP contribution in [0.5, 0.6) is 0 Å². The summed E-state index contributed by atoms with van der Waals surface area (Å²) < 4.78 is 0. The zero-order valence-electron chi connectivity index (χ0n) is 10.5. The van der Waals surface area contributed by atoms with Crippen molar-refractivity contribution in [2.24, 2.45) is 5.41 Å². The summed E-state index contributed by atoms with van der Waals surface area (Å²) in [7, 11) is 2.27. The molecule has 0 N–H and O–H groups in total. The molecule has 0 radical (unpaired) electrons. The van der Waals surface area contributed by atoms with Gasteiger partial charge < -0.3 is 4.90 Å². The molecule has 1 rings (SSSR count). The van der Waals surface area contributed by atoms with E-state index in [1.165, 1.54) is 45.1 Å². The van der Waals surface area contributed by atoms with Gasteiger partial charge in [-0.15, -0.1) is 0 Å². The van der Waals surface area contributed by atoms with Gasteiger partial charge in [0.1, 0.15) is 0 Å². The average molecular weight is 197 g/mol. The van der Waals surface area contributed by atoms with Gasteiger partial charge in [0.05, 0.1) is 0 Å². The highest BCUT2D eigenvalue weighted by Gasteiger charge is 2.37. The molecular weight excluding hydrogens is 170 g/mol. The highest BCUT2D eigenvalue weighted by molar-refractivity contribution is 4.91. The van der Waals surface area contributed by atoms with Crippen molar-refractivity contribution in [2.45, 2.75) is 65.3 Å². The fourth-order valence-corrected chi connectivity index (χ4v) is 2.68. The van der Waals surface area contributed by atoms with Crippen LogP contribution in [0.2, 0.25) is 0 Å². The molecule has 1 saturated heterocycles. The largest absolute Gasteiger partial charge is 0.303 e. The smallest absolute Gasteiger partial charge is 0.0155 e. The fraction of sp³-hybridized carbons (Fsp3) is 1.00. The quantitative estimate of drug-likeness (QED) is 0.587. The maximum absolute atomic E-state index is 2.51. The van der Waals surface area contributed by atoms with E-state index in [-0.39, 0.29) is 0 Å². The fourth-order valence-electron chi connectivity index (χ4n) is 2.68. The summed E-state index contributed by atoms with van der Waals surface area (Å²) in [6.07, 6.45) is 8.43. The van der Waals surface area contributed by atoms with Crippen LogP contribution in [-0.4, -0.2) is 24.5 Å². The Hall–Kier alpha value is -0.0400. The molecule has 0 aromatic carbocycles. The lowest BCUT2D eigenvalue weighted by Gasteiger charge is -2.48. The maximum atomic E-state index is 2.51. The SMILES string of the molecule is CCCCCCC(C)(C)C1CCN1C. The van der Waals surface area contributed by atoms with Crippen molar-refractivity contribution in [2.75, 3.05) is 13.6 Å². The number of hydrogen-bond donors (Lipinski definition) is 0. The standard InChI is InChI=1S/C13H27N/c1-5-6-7-8-10-13(2,3)12-9-11-14(12)4/h12H,5-11H2,1-4H3. The maximum Gasteiger partial charge on any atom is 0.0155 e. The molecule has 14 heavy (non-hydrogen) atoms. The molecule has 0 saturated carbocycles. The van der Waals surface area contributed by atoms with Crippen molar-refractivity contribution in [1.29, 1.82) is 0 Å². The zero-order valence-corrected chi connectivity index (χ0v) is 10.5. The molecule has 1 fully saturated rings. The summed E-state index contributed by atoms with van der Waals surface area (Å²) in [4.78, 5) is 2.51. The van der Waals surface area contributed by atoms with Crippen LogP contribution >= 0.6 is 0 Å². The van der Waals surface area contributed by atoms with Crippen LogP contribution in [0.3, 0.4) is 0 Å². The highest BCUT2D eigenvalue weighted by Crippen LogP contribution is 2.37. The Labute approximate surface area is 89.9 Å². The number of nitrogens with zero attached hydrogens (tertiary/aromatic N) is 1. The van der Waals surface area contributed by atoms with E-state index in [4.69, 9.17) is 0 Å². The number of hydrogen-bond acceptors (Lipinski definition) is 1. The van der Waals surface area contributed by atoms with Gasteiger partial charge in [-0.25, -0.2) is 0 Å². The molecule has 0 aromatic heterocycles. The summed E-state index contributed by atoms with van der Waals surface area (Å²) in [6.45, 7) is 8.48. The topological polar surface area (TPSA) is 3.24 Å². The van der Waals surface area contributed by atoms with Crippen molar-refractivity contribution in [3.63, 3.8) is 0 Å². The molecule has 0 bridgehead atoms. The lowest BCUT2D eigenvalue weighted by atomic mass is 9.74. The molecule has 1 heterocycles. The van der Waals surface area contributed by atoms with Gasteiger partial charge in [0.15, 0.2) is 0 Å². The lowest BCUT2D eigenvalue weighted by molar-refractivity contribution is 0.0188. The van der Waals surface area contributed by atoms with Crippen molar-refractivity contribution in [3.8, 4) is 0 Å². The summed E-state index contributed by atoms with van der Waals surface area (Å²) >= 11 is 0. The minimum absolute atomic E-state index is 0.542. The summed E-state index contributed by atoms with van der Waals surface area (Å²) in [5.74, 6) is 0. The highest BCUT2D eigenvalue weighted by atomic mass is 15.2. The van der Waals surface area contributed by atoms with Crippen LogP contribution in [0.25, 0.3) is 0 Å². The Morgan fingerprint density at radius 1 is 1.21 bits per heavy atom. The molecule has 0 amide bonds. The van der Waals surface area contributed by atoms with E-state index in [9.17, 15) is 0 Å². The van der Waals surface area contributed by atoms with Crippen molar-refractivity contribution < 1.29 is 0 Å². The Morgan fingerprint density at radius 2 is 1.93 bits per heavy atom. The third-order valence-corrected chi connectivity index (χ3v) is 3.86. The molecule has 1 aliphatic heterocycles. The van der Waals surface area contributed by atoms with Gasteiger partial charge in [0.25, 0.3) is 0 Å². The van der Waals surface area contributed by atoms with Crippen molar-refractivity contribution in [3.05, 3.63) is 0 Å².